The lowest BCUT2D eigenvalue weighted by Crippen LogP contribution is -2.41. The van der Waals surface area contributed by atoms with E-state index in [0.29, 0.717) is 0 Å². The summed E-state index contributed by atoms with van der Waals surface area (Å²) in [5.74, 6) is 0.0167. The second kappa shape index (κ2) is 6.74. The van der Waals surface area contributed by atoms with Gasteiger partial charge in [-0.1, -0.05) is 20.8 Å². The molecule has 0 aromatic rings. The standard InChI is InChI=1S/C12H28O3Si/c1-12(2,3)16(4,5)15-8-6-7-11(9-13)10-14/h11,13-14H,6-10H2,1-5H3. The molecule has 0 aliphatic heterocycles. The molecule has 0 amide bonds. The van der Waals surface area contributed by atoms with Crippen molar-refractivity contribution in [2.75, 3.05) is 19.8 Å². The van der Waals surface area contributed by atoms with Crippen LogP contribution in [-0.2, 0) is 4.43 Å². The van der Waals surface area contributed by atoms with Crippen molar-refractivity contribution in [3.63, 3.8) is 0 Å². The zero-order valence-electron chi connectivity index (χ0n) is 11.4. The highest BCUT2D eigenvalue weighted by Gasteiger charge is 2.36. The van der Waals surface area contributed by atoms with Crippen LogP contribution in [0.15, 0.2) is 0 Å². The SMILES string of the molecule is CC(C)(C)[Si](C)(C)OCCCC(CO)CO. The van der Waals surface area contributed by atoms with Gasteiger partial charge < -0.3 is 14.6 Å². The van der Waals surface area contributed by atoms with Crippen molar-refractivity contribution >= 4 is 8.32 Å². The van der Waals surface area contributed by atoms with E-state index in [2.05, 4.69) is 33.9 Å². The Bertz CT molecular complexity index is 183. The lowest BCUT2D eigenvalue weighted by Gasteiger charge is -2.36. The van der Waals surface area contributed by atoms with E-state index in [-0.39, 0.29) is 24.2 Å². The van der Waals surface area contributed by atoms with Crippen molar-refractivity contribution in [1.29, 1.82) is 0 Å². The molecule has 2 N–H and O–H groups in total. The van der Waals surface area contributed by atoms with Gasteiger partial charge >= 0.3 is 0 Å². The van der Waals surface area contributed by atoms with Crippen LogP contribution >= 0.6 is 0 Å². The van der Waals surface area contributed by atoms with Crippen LogP contribution in [0.3, 0.4) is 0 Å². The van der Waals surface area contributed by atoms with Crippen LogP contribution in [0, 0.1) is 5.92 Å². The number of aliphatic hydroxyl groups excluding tert-OH is 2. The molecule has 0 saturated carbocycles. The first-order chi connectivity index (χ1) is 7.24. The van der Waals surface area contributed by atoms with Gasteiger partial charge in [-0.2, -0.15) is 0 Å². The van der Waals surface area contributed by atoms with Gasteiger partial charge in [0.05, 0.1) is 0 Å². The second-order valence-corrected chi connectivity index (χ2v) is 10.8. The van der Waals surface area contributed by atoms with E-state index in [9.17, 15) is 0 Å². The molecule has 0 radical (unpaired) electrons. The molecule has 0 spiro atoms. The Balaban J connectivity index is 3.82. The summed E-state index contributed by atoms with van der Waals surface area (Å²) in [7, 11) is -1.62. The van der Waals surface area contributed by atoms with E-state index in [1.165, 1.54) is 0 Å². The third-order valence-corrected chi connectivity index (χ3v) is 8.08. The smallest absolute Gasteiger partial charge is 0.191 e. The van der Waals surface area contributed by atoms with Crippen molar-refractivity contribution in [1.82, 2.24) is 0 Å². The van der Waals surface area contributed by atoms with Gasteiger partial charge in [0.25, 0.3) is 0 Å². The van der Waals surface area contributed by atoms with Crippen LogP contribution < -0.4 is 0 Å². The quantitative estimate of drug-likeness (QED) is 0.537. The average molecular weight is 248 g/mol. The van der Waals surface area contributed by atoms with Crippen LogP contribution in [0.2, 0.25) is 18.1 Å². The van der Waals surface area contributed by atoms with E-state index in [1.54, 1.807) is 0 Å². The summed E-state index contributed by atoms with van der Waals surface area (Å²) < 4.78 is 6.01. The highest BCUT2D eigenvalue weighted by atomic mass is 28.4. The van der Waals surface area contributed by atoms with Gasteiger partial charge in [0.1, 0.15) is 0 Å². The molecule has 98 valence electrons. The normalized spacial score (nSPS) is 13.5. The Hall–Kier alpha value is 0.0969. The van der Waals surface area contributed by atoms with E-state index in [4.69, 9.17) is 14.6 Å². The Morgan fingerprint density at radius 2 is 1.62 bits per heavy atom. The molecule has 0 aliphatic rings. The van der Waals surface area contributed by atoms with Crippen LogP contribution in [0.1, 0.15) is 33.6 Å². The molecular weight excluding hydrogens is 220 g/mol. The molecule has 0 rings (SSSR count). The fourth-order valence-corrected chi connectivity index (χ4v) is 2.24. The molecule has 0 aliphatic carbocycles. The monoisotopic (exact) mass is 248 g/mol. The second-order valence-electron chi connectivity index (χ2n) is 5.98. The molecule has 16 heavy (non-hydrogen) atoms. The van der Waals surface area contributed by atoms with Gasteiger partial charge in [-0.05, 0) is 31.0 Å². The fraction of sp³-hybridized carbons (Fsp3) is 1.00. The highest BCUT2D eigenvalue weighted by molar-refractivity contribution is 6.74. The molecule has 0 saturated heterocycles. The van der Waals surface area contributed by atoms with Crippen molar-refractivity contribution in [2.24, 2.45) is 5.92 Å². The summed E-state index contributed by atoms with van der Waals surface area (Å²) in [5, 5.41) is 18.1. The average Bonchev–Trinajstić information content (AvgIpc) is 2.16. The molecule has 0 aromatic heterocycles. The maximum atomic E-state index is 8.92. The lowest BCUT2D eigenvalue weighted by molar-refractivity contribution is 0.136. The highest BCUT2D eigenvalue weighted by Crippen LogP contribution is 2.36. The summed E-state index contributed by atoms with van der Waals surface area (Å²) in [6.45, 7) is 12.0. The largest absolute Gasteiger partial charge is 0.417 e. The summed E-state index contributed by atoms with van der Waals surface area (Å²) in [5.41, 5.74) is 0. The lowest BCUT2D eigenvalue weighted by atomic mass is 10.1. The van der Waals surface area contributed by atoms with E-state index in [0.717, 1.165) is 19.4 Å². The van der Waals surface area contributed by atoms with E-state index < -0.39 is 8.32 Å². The van der Waals surface area contributed by atoms with Crippen LogP contribution in [0.25, 0.3) is 0 Å². The predicted octanol–water partition coefficient (Wildman–Crippen LogP) is 2.39. The van der Waals surface area contributed by atoms with Gasteiger partial charge in [-0.3, -0.25) is 0 Å². The van der Waals surface area contributed by atoms with Crippen LogP contribution in [0.4, 0.5) is 0 Å². The summed E-state index contributed by atoms with van der Waals surface area (Å²) in [4.78, 5) is 0. The molecule has 0 heterocycles. The van der Waals surface area contributed by atoms with Crippen molar-refractivity contribution in [3.8, 4) is 0 Å². The number of rotatable bonds is 7. The predicted molar refractivity (Wildman–Crippen MR) is 70.0 cm³/mol. The van der Waals surface area contributed by atoms with Gasteiger partial charge in [0.2, 0.25) is 0 Å². The zero-order valence-corrected chi connectivity index (χ0v) is 12.4. The first-order valence-corrected chi connectivity index (χ1v) is 9.01. The van der Waals surface area contributed by atoms with Crippen molar-refractivity contribution in [3.05, 3.63) is 0 Å². The third-order valence-electron chi connectivity index (χ3n) is 3.54. The fourth-order valence-electron chi connectivity index (χ4n) is 1.16. The minimum Gasteiger partial charge on any atom is -0.417 e. The third kappa shape index (κ3) is 5.43. The maximum absolute atomic E-state index is 8.92. The van der Waals surface area contributed by atoms with Gasteiger partial charge in [0, 0.05) is 25.7 Å². The molecule has 0 atom stereocenters. The number of aliphatic hydroxyl groups is 2. The summed E-state index contributed by atoms with van der Waals surface area (Å²) >= 11 is 0. The van der Waals surface area contributed by atoms with Crippen LogP contribution in [0.5, 0.6) is 0 Å². The molecular formula is C12H28O3Si. The maximum Gasteiger partial charge on any atom is 0.191 e. The van der Waals surface area contributed by atoms with Crippen molar-refractivity contribution in [2.45, 2.75) is 51.7 Å². The Morgan fingerprint density at radius 3 is 2.00 bits per heavy atom. The first-order valence-electron chi connectivity index (χ1n) is 6.10. The number of hydrogen-bond acceptors (Lipinski definition) is 3. The van der Waals surface area contributed by atoms with Gasteiger partial charge in [0.15, 0.2) is 8.32 Å². The topological polar surface area (TPSA) is 49.7 Å². The minimum absolute atomic E-state index is 0.0167. The first kappa shape index (κ1) is 16.1. The number of hydrogen-bond donors (Lipinski definition) is 2. The van der Waals surface area contributed by atoms with E-state index >= 15 is 0 Å². The molecule has 0 unspecified atom stereocenters. The molecule has 4 heteroatoms. The van der Waals surface area contributed by atoms with Gasteiger partial charge in [-0.25, -0.2) is 0 Å². The Labute approximate surface area is 101 Å². The summed E-state index contributed by atoms with van der Waals surface area (Å²) in [6, 6.07) is 0. The van der Waals surface area contributed by atoms with E-state index in [1.807, 2.05) is 0 Å². The zero-order chi connectivity index (χ0) is 12.8. The summed E-state index contributed by atoms with van der Waals surface area (Å²) in [6.07, 6.45) is 1.75. The Morgan fingerprint density at radius 1 is 1.12 bits per heavy atom. The molecule has 0 fully saturated rings. The van der Waals surface area contributed by atoms with Crippen molar-refractivity contribution < 1.29 is 14.6 Å². The van der Waals surface area contributed by atoms with Gasteiger partial charge in [-0.15, -0.1) is 0 Å². The molecule has 0 bridgehead atoms. The molecule has 3 nitrogen and oxygen atoms in total. The molecule has 0 aromatic carbocycles. The van der Waals surface area contributed by atoms with Crippen LogP contribution in [-0.4, -0.2) is 38.4 Å². The Kier molecular flexibility index (Phi) is 6.78. The minimum atomic E-state index is -1.62.